The van der Waals surface area contributed by atoms with Gasteiger partial charge in [-0.3, -0.25) is 13.9 Å². The molecular formula is C28H36ClN3O6. The summed E-state index contributed by atoms with van der Waals surface area (Å²) in [6.07, 6.45) is 2.77. The molecular weight excluding hydrogens is 510 g/mol. The molecule has 3 aromatic rings. The first-order valence-corrected chi connectivity index (χ1v) is 12.8. The second-order valence-electron chi connectivity index (χ2n) is 9.76. The van der Waals surface area contributed by atoms with Crippen molar-refractivity contribution >= 4 is 23.3 Å². The second-order valence-corrected chi connectivity index (χ2v) is 9.76. The standard InChI is InChI=1S/C28H35N3O6.ClH/c1-34-13-12-30-22-15-25(37-4)24(36-3)14-20(22)27(32)31(28(30)33)11-10-21-26-17(16-29-21)8-9-18-19(26)6-5-7-23(18)35-2;/h5-7,14-15,17,21,26,29H,8-13,16H2,1-4H3;1H/t17-,21?,26+;/m0./s1. The first-order chi connectivity index (χ1) is 18.0. The Labute approximate surface area is 228 Å². The lowest BCUT2D eigenvalue weighted by Crippen LogP contribution is -2.42. The van der Waals surface area contributed by atoms with Gasteiger partial charge < -0.3 is 24.3 Å². The number of nitrogens with zero attached hydrogens (tertiary/aromatic N) is 2. The van der Waals surface area contributed by atoms with Gasteiger partial charge in [0.1, 0.15) is 5.75 Å². The van der Waals surface area contributed by atoms with Crippen molar-refractivity contribution in [2.75, 3.05) is 41.6 Å². The average molecular weight is 546 g/mol. The van der Waals surface area contributed by atoms with Gasteiger partial charge in [0.05, 0.1) is 45.4 Å². The normalized spacial score (nSPS) is 19.9. The molecule has 1 fully saturated rings. The Morgan fingerprint density at radius 1 is 0.947 bits per heavy atom. The maximum Gasteiger partial charge on any atom is 0.331 e. The molecule has 2 aromatic carbocycles. The van der Waals surface area contributed by atoms with Gasteiger partial charge in [-0.15, -0.1) is 12.4 Å². The molecule has 1 unspecified atom stereocenters. The van der Waals surface area contributed by atoms with Crippen molar-refractivity contribution in [1.29, 1.82) is 0 Å². The molecule has 3 atom stereocenters. The fourth-order valence-electron chi connectivity index (χ4n) is 6.21. The minimum atomic E-state index is -0.345. The Balaban J connectivity index is 0.00000336. The molecule has 9 nitrogen and oxygen atoms in total. The highest BCUT2D eigenvalue weighted by molar-refractivity contribution is 5.85. The molecule has 2 aliphatic rings. The molecule has 0 bridgehead atoms. The SMILES string of the molecule is COCCn1c(=O)n(CCC2NC[C@@H]3CCc4c(OC)cccc4[C@H]23)c(=O)c2cc(OC)c(OC)cc21.Cl. The Hall–Kier alpha value is -3.01. The van der Waals surface area contributed by atoms with E-state index >= 15 is 0 Å². The van der Waals surface area contributed by atoms with E-state index in [1.807, 2.05) is 6.07 Å². The summed E-state index contributed by atoms with van der Waals surface area (Å²) >= 11 is 0. The number of rotatable bonds is 9. The van der Waals surface area contributed by atoms with Crippen LogP contribution < -0.4 is 30.8 Å². The Morgan fingerprint density at radius 3 is 2.39 bits per heavy atom. The largest absolute Gasteiger partial charge is 0.496 e. The third-order valence-electron chi connectivity index (χ3n) is 8.01. The van der Waals surface area contributed by atoms with Gasteiger partial charge in [0.25, 0.3) is 5.56 Å². The Bertz CT molecular complexity index is 1420. The van der Waals surface area contributed by atoms with Crippen LogP contribution in [0.5, 0.6) is 17.2 Å². The molecule has 0 saturated carbocycles. The summed E-state index contributed by atoms with van der Waals surface area (Å²) in [4.78, 5) is 27.2. The minimum absolute atomic E-state index is 0. The second kappa shape index (κ2) is 11.8. The fraction of sp³-hybridized carbons (Fsp3) is 0.500. The molecule has 10 heteroatoms. The number of benzene rings is 2. The molecule has 2 heterocycles. The van der Waals surface area contributed by atoms with Crippen LogP contribution in [0, 0.1) is 5.92 Å². The zero-order valence-corrected chi connectivity index (χ0v) is 23.1. The molecule has 206 valence electrons. The molecule has 1 N–H and O–H groups in total. The summed E-state index contributed by atoms with van der Waals surface area (Å²) in [6.45, 7) is 1.91. The number of hydrogen-bond acceptors (Lipinski definition) is 7. The van der Waals surface area contributed by atoms with Gasteiger partial charge in [-0.05, 0) is 55.0 Å². The van der Waals surface area contributed by atoms with E-state index in [4.69, 9.17) is 18.9 Å². The van der Waals surface area contributed by atoms with Crippen molar-refractivity contribution in [2.45, 2.75) is 44.3 Å². The molecule has 1 aliphatic carbocycles. The average Bonchev–Trinajstić information content (AvgIpc) is 3.35. The van der Waals surface area contributed by atoms with Crippen LogP contribution >= 0.6 is 12.4 Å². The third-order valence-corrected chi connectivity index (χ3v) is 8.01. The highest BCUT2D eigenvalue weighted by Crippen LogP contribution is 2.45. The van der Waals surface area contributed by atoms with Crippen molar-refractivity contribution < 1.29 is 18.9 Å². The number of aromatic nitrogens is 2. The fourth-order valence-corrected chi connectivity index (χ4v) is 6.21. The molecule has 1 aliphatic heterocycles. The molecule has 0 amide bonds. The summed E-state index contributed by atoms with van der Waals surface area (Å²) < 4.78 is 24.7. The topological polar surface area (TPSA) is 93.0 Å². The molecule has 5 rings (SSSR count). The molecule has 1 aromatic heterocycles. The number of halogens is 1. The van der Waals surface area contributed by atoms with Gasteiger partial charge in [0.15, 0.2) is 11.5 Å². The third kappa shape index (κ3) is 4.79. The Kier molecular flexibility index (Phi) is 8.70. The van der Waals surface area contributed by atoms with Crippen LogP contribution in [0.25, 0.3) is 10.9 Å². The maximum absolute atomic E-state index is 13.6. The predicted octanol–water partition coefficient (Wildman–Crippen LogP) is 2.97. The van der Waals surface area contributed by atoms with Crippen LogP contribution in [0.4, 0.5) is 0 Å². The van der Waals surface area contributed by atoms with Crippen molar-refractivity contribution in [2.24, 2.45) is 5.92 Å². The van der Waals surface area contributed by atoms with Gasteiger partial charge in [-0.1, -0.05) is 12.1 Å². The van der Waals surface area contributed by atoms with Gasteiger partial charge in [-0.25, -0.2) is 4.79 Å². The number of nitrogens with one attached hydrogen (secondary N) is 1. The lowest BCUT2D eigenvalue weighted by atomic mass is 9.73. The van der Waals surface area contributed by atoms with E-state index in [1.54, 1.807) is 30.9 Å². The van der Waals surface area contributed by atoms with Gasteiger partial charge in [0.2, 0.25) is 0 Å². The highest BCUT2D eigenvalue weighted by Gasteiger charge is 2.40. The van der Waals surface area contributed by atoms with Crippen molar-refractivity contribution in [3.8, 4) is 17.2 Å². The summed E-state index contributed by atoms with van der Waals surface area (Å²) in [5, 5.41) is 4.10. The van der Waals surface area contributed by atoms with Crippen LogP contribution in [0.15, 0.2) is 39.9 Å². The summed E-state index contributed by atoms with van der Waals surface area (Å²) in [5.41, 5.74) is 2.45. The molecule has 38 heavy (non-hydrogen) atoms. The van der Waals surface area contributed by atoms with E-state index in [0.717, 1.165) is 25.1 Å². The van der Waals surface area contributed by atoms with Gasteiger partial charge >= 0.3 is 5.69 Å². The van der Waals surface area contributed by atoms with Crippen LogP contribution in [-0.4, -0.2) is 56.8 Å². The van der Waals surface area contributed by atoms with E-state index in [-0.39, 0.29) is 29.7 Å². The smallest absolute Gasteiger partial charge is 0.331 e. The summed E-state index contributed by atoms with van der Waals surface area (Å²) in [6, 6.07) is 9.79. The van der Waals surface area contributed by atoms with Crippen molar-refractivity contribution in [1.82, 2.24) is 14.5 Å². The lowest BCUT2D eigenvalue weighted by molar-refractivity contribution is 0.186. The summed E-state index contributed by atoms with van der Waals surface area (Å²) in [5.74, 6) is 2.72. The van der Waals surface area contributed by atoms with Crippen LogP contribution in [-0.2, 0) is 24.2 Å². The maximum atomic E-state index is 13.6. The van der Waals surface area contributed by atoms with Crippen molar-refractivity contribution in [3.63, 3.8) is 0 Å². The van der Waals surface area contributed by atoms with E-state index in [1.165, 1.54) is 29.9 Å². The quantitative estimate of drug-likeness (QED) is 0.442. The monoisotopic (exact) mass is 545 g/mol. The number of methoxy groups -OCH3 is 4. The first kappa shape index (κ1) is 28.0. The van der Waals surface area contributed by atoms with E-state index in [2.05, 4.69) is 17.4 Å². The zero-order valence-electron chi connectivity index (χ0n) is 22.3. The first-order valence-electron chi connectivity index (χ1n) is 12.8. The van der Waals surface area contributed by atoms with Crippen molar-refractivity contribution in [3.05, 3.63) is 62.3 Å². The summed E-state index contributed by atoms with van der Waals surface area (Å²) in [7, 11) is 6.37. The number of fused-ring (bicyclic) bond motifs is 4. The van der Waals surface area contributed by atoms with Gasteiger partial charge in [-0.2, -0.15) is 0 Å². The molecule has 0 spiro atoms. The van der Waals surface area contributed by atoms with Crippen LogP contribution in [0.1, 0.15) is 29.9 Å². The predicted molar refractivity (Wildman–Crippen MR) is 149 cm³/mol. The van der Waals surface area contributed by atoms with E-state index < -0.39 is 0 Å². The number of hydrogen-bond donors (Lipinski definition) is 1. The van der Waals surface area contributed by atoms with E-state index in [0.29, 0.717) is 60.4 Å². The minimum Gasteiger partial charge on any atom is -0.496 e. The lowest BCUT2D eigenvalue weighted by Gasteiger charge is -2.32. The molecule has 0 radical (unpaired) electrons. The number of ether oxygens (including phenoxy) is 4. The Morgan fingerprint density at radius 2 is 1.68 bits per heavy atom. The molecule has 1 saturated heterocycles. The van der Waals surface area contributed by atoms with E-state index in [9.17, 15) is 9.59 Å². The van der Waals surface area contributed by atoms with Gasteiger partial charge in [0, 0.05) is 31.7 Å². The van der Waals surface area contributed by atoms with Crippen LogP contribution in [0.3, 0.4) is 0 Å². The van der Waals surface area contributed by atoms with Crippen LogP contribution in [0.2, 0.25) is 0 Å². The highest BCUT2D eigenvalue weighted by atomic mass is 35.5. The zero-order chi connectivity index (χ0) is 26.1.